The van der Waals surface area contributed by atoms with E-state index >= 15 is 0 Å². The van der Waals surface area contributed by atoms with Gasteiger partial charge in [-0.3, -0.25) is 14.6 Å². The number of rotatable bonds is 7. The van der Waals surface area contributed by atoms with Gasteiger partial charge in [0.05, 0.1) is 6.04 Å². The average molecular weight is 391 g/mol. The number of carbonyl (C=O) groups is 2. The van der Waals surface area contributed by atoms with Crippen molar-refractivity contribution in [2.75, 3.05) is 5.32 Å². The molecule has 29 heavy (non-hydrogen) atoms. The second kappa shape index (κ2) is 9.59. The predicted molar refractivity (Wildman–Crippen MR) is 110 cm³/mol. The number of benzene rings is 2. The fraction of sp³-hybridized carbons (Fsp3) is 0.174. The summed E-state index contributed by atoms with van der Waals surface area (Å²) in [5, 5.41) is 5.74. The molecule has 0 aliphatic heterocycles. The number of carbonyl (C=O) groups excluding carboxylic acids is 2. The van der Waals surface area contributed by atoms with Crippen LogP contribution in [-0.4, -0.2) is 16.8 Å². The number of halogens is 1. The molecule has 0 saturated carbocycles. The lowest BCUT2D eigenvalue weighted by atomic mass is 10.1. The van der Waals surface area contributed by atoms with Gasteiger partial charge in [-0.25, -0.2) is 4.39 Å². The SMILES string of the molecule is CC(NC(=O)CCc1cccnc1)c1ccc(NC(=O)c2ccc(F)cc2)cc1. The second-order valence-electron chi connectivity index (χ2n) is 6.73. The van der Waals surface area contributed by atoms with Crippen molar-refractivity contribution < 1.29 is 14.0 Å². The van der Waals surface area contributed by atoms with Gasteiger partial charge in [-0.05, 0) is 66.9 Å². The molecule has 5 nitrogen and oxygen atoms in total. The van der Waals surface area contributed by atoms with Crippen molar-refractivity contribution in [3.63, 3.8) is 0 Å². The number of hydrogen-bond acceptors (Lipinski definition) is 3. The summed E-state index contributed by atoms with van der Waals surface area (Å²) in [7, 11) is 0. The van der Waals surface area contributed by atoms with Crippen molar-refractivity contribution in [1.82, 2.24) is 10.3 Å². The molecule has 0 spiro atoms. The number of pyridine rings is 1. The van der Waals surface area contributed by atoms with Gasteiger partial charge < -0.3 is 10.6 Å². The lowest BCUT2D eigenvalue weighted by Crippen LogP contribution is -2.26. The Labute approximate surface area is 169 Å². The van der Waals surface area contributed by atoms with Gasteiger partial charge in [0.15, 0.2) is 0 Å². The fourth-order valence-electron chi connectivity index (χ4n) is 2.86. The van der Waals surface area contributed by atoms with Crippen molar-refractivity contribution in [3.8, 4) is 0 Å². The molecule has 1 heterocycles. The topological polar surface area (TPSA) is 71.1 Å². The van der Waals surface area contributed by atoms with Crippen LogP contribution in [0.5, 0.6) is 0 Å². The molecule has 2 aromatic carbocycles. The van der Waals surface area contributed by atoms with Gasteiger partial charge in [0.1, 0.15) is 5.82 Å². The maximum atomic E-state index is 13.0. The van der Waals surface area contributed by atoms with Gasteiger partial charge in [0.2, 0.25) is 5.91 Å². The van der Waals surface area contributed by atoms with Crippen LogP contribution in [0.4, 0.5) is 10.1 Å². The van der Waals surface area contributed by atoms with Crippen LogP contribution in [0, 0.1) is 5.82 Å². The number of aromatic nitrogens is 1. The fourth-order valence-corrected chi connectivity index (χ4v) is 2.86. The van der Waals surface area contributed by atoms with E-state index in [0.717, 1.165) is 11.1 Å². The first-order valence-corrected chi connectivity index (χ1v) is 9.36. The van der Waals surface area contributed by atoms with Crippen LogP contribution in [0.2, 0.25) is 0 Å². The third-order valence-corrected chi connectivity index (χ3v) is 4.52. The Balaban J connectivity index is 1.51. The van der Waals surface area contributed by atoms with Crippen molar-refractivity contribution in [1.29, 1.82) is 0 Å². The summed E-state index contributed by atoms with van der Waals surface area (Å²) < 4.78 is 13.0. The molecule has 0 saturated heterocycles. The summed E-state index contributed by atoms with van der Waals surface area (Å²) >= 11 is 0. The Morgan fingerprint density at radius 1 is 1.03 bits per heavy atom. The Morgan fingerprint density at radius 2 is 1.76 bits per heavy atom. The third-order valence-electron chi connectivity index (χ3n) is 4.52. The largest absolute Gasteiger partial charge is 0.350 e. The van der Waals surface area contributed by atoms with Crippen LogP contribution in [0.15, 0.2) is 73.1 Å². The molecule has 1 atom stereocenters. The number of aryl methyl sites for hydroxylation is 1. The van der Waals surface area contributed by atoms with E-state index in [4.69, 9.17) is 0 Å². The van der Waals surface area contributed by atoms with Crippen LogP contribution in [0.25, 0.3) is 0 Å². The Morgan fingerprint density at radius 3 is 2.41 bits per heavy atom. The minimum atomic E-state index is -0.387. The molecule has 2 N–H and O–H groups in total. The van der Waals surface area contributed by atoms with Crippen LogP contribution in [0.3, 0.4) is 0 Å². The van der Waals surface area contributed by atoms with E-state index in [2.05, 4.69) is 15.6 Å². The van der Waals surface area contributed by atoms with E-state index in [1.165, 1.54) is 24.3 Å². The molecule has 6 heteroatoms. The average Bonchev–Trinajstić information content (AvgIpc) is 2.74. The van der Waals surface area contributed by atoms with Gasteiger partial charge in [0.25, 0.3) is 5.91 Å². The van der Waals surface area contributed by atoms with Crippen molar-refractivity contribution >= 4 is 17.5 Å². The van der Waals surface area contributed by atoms with E-state index in [0.29, 0.717) is 24.1 Å². The summed E-state index contributed by atoms with van der Waals surface area (Å²) in [6, 6.07) is 16.3. The Bertz CT molecular complexity index is 958. The molecule has 0 radical (unpaired) electrons. The molecular formula is C23H22FN3O2. The zero-order valence-corrected chi connectivity index (χ0v) is 16.1. The molecule has 1 unspecified atom stereocenters. The predicted octanol–water partition coefficient (Wildman–Crippen LogP) is 4.28. The monoisotopic (exact) mass is 391 g/mol. The van der Waals surface area contributed by atoms with Gasteiger partial charge in [-0.1, -0.05) is 18.2 Å². The highest BCUT2D eigenvalue weighted by molar-refractivity contribution is 6.04. The van der Waals surface area contributed by atoms with Gasteiger partial charge in [-0.2, -0.15) is 0 Å². The first kappa shape index (κ1) is 20.2. The van der Waals surface area contributed by atoms with Crippen LogP contribution in [0.1, 0.15) is 40.9 Å². The highest BCUT2D eigenvalue weighted by Gasteiger charge is 2.11. The number of hydrogen-bond donors (Lipinski definition) is 2. The van der Waals surface area contributed by atoms with Crippen LogP contribution < -0.4 is 10.6 Å². The summed E-state index contributed by atoms with van der Waals surface area (Å²) in [5.41, 5.74) is 2.96. The zero-order valence-electron chi connectivity index (χ0n) is 16.1. The molecule has 0 bridgehead atoms. The molecule has 3 rings (SSSR count). The van der Waals surface area contributed by atoms with E-state index in [1.54, 1.807) is 24.5 Å². The van der Waals surface area contributed by atoms with E-state index in [-0.39, 0.29) is 23.7 Å². The summed E-state index contributed by atoms with van der Waals surface area (Å²) in [5.74, 6) is -0.730. The smallest absolute Gasteiger partial charge is 0.255 e. The highest BCUT2D eigenvalue weighted by atomic mass is 19.1. The van der Waals surface area contributed by atoms with Crippen molar-refractivity contribution in [3.05, 3.63) is 95.6 Å². The summed E-state index contributed by atoms with van der Waals surface area (Å²) in [6.07, 6.45) is 4.50. The van der Waals surface area contributed by atoms with E-state index in [1.807, 2.05) is 31.2 Å². The number of anilines is 1. The van der Waals surface area contributed by atoms with E-state index in [9.17, 15) is 14.0 Å². The maximum Gasteiger partial charge on any atom is 0.255 e. The number of amides is 2. The van der Waals surface area contributed by atoms with Crippen LogP contribution in [-0.2, 0) is 11.2 Å². The van der Waals surface area contributed by atoms with Crippen molar-refractivity contribution in [2.24, 2.45) is 0 Å². The summed E-state index contributed by atoms with van der Waals surface area (Å²) in [6.45, 7) is 1.91. The second-order valence-corrected chi connectivity index (χ2v) is 6.73. The molecule has 0 fully saturated rings. The standard InChI is InChI=1S/C23H22FN3O2/c1-16(26-22(28)13-4-17-3-2-14-25-15-17)18-7-11-21(12-8-18)27-23(29)19-5-9-20(24)10-6-19/h2-3,5-12,14-16H,4,13H2,1H3,(H,26,28)(H,27,29). The number of nitrogens with one attached hydrogen (secondary N) is 2. The van der Waals surface area contributed by atoms with Gasteiger partial charge in [0, 0.05) is 30.1 Å². The normalized spacial score (nSPS) is 11.5. The molecule has 148 valence electrons. The third kappa shape index (κ3) is 5.97. The first-order valence-electron chi connectivity index (χ1n) is 9.36. The highest BCUT2D eigenvalue weighted by Crippen LogP contribution is 2.17. The quantitative estimate of drug-likeness (QED) is 0.631. The molecular weight excluding hydrogens is 369 g/mol. The molecule has 1 aromatic heterocycles. The van der Waals surface area contributed by atoms with Gasteiger partial charge >= 0.3 is 0 Å². The molecule has 0 aliphatic carbocycles. The molecule has 2 amide bonds. The van der Waals surface area contributed by atoms with Gasteiger partial charge in [-0.15, -0.1) is 0 Å². The van der Waals surface area contributed by atoms with Crippen LogP contribution >= 0.6 is 0 Å². The maximum absolute atomic E-state index is 13.0. The Hall–Kier alpha value is -3.54. The molecule has 3 aromatic rings. The zero-order chi connectivity index (χ0) is 20.6. The summed E-state index contributed by atoms with van der Waals surface area (Å²) in [4.78, 5) is 28.4. The minimum Gasteiger partial charge on any atom is -0.350 e. The lowest BCUT2D eigenvalue weighted by Gasteiger charge is -2.15. The van der Waals surface area contributed by atoms with E-state index < -0.39 is 0 Å². The minimum absolute atomic E-state index is 0.0324. The molecule has 0 aliphatic rings. The first-order chi connectivity index (χ1) is 14.0. The van der Waals surface area contributed by atoms with Crippen molar-refractivity contribution in [2.45, 2.75) is 25.8 Å². The Kier molecular flexibility index (Phi) is 6.68. The number of nitrogens with zero attached hydrogens (tertiary/aromatic N) is 1. The lowest BCUT2D eigenvalue weighted by molar-refractivity contribution is -0.121.